The van der Waals surface area contributed by atoms with Gasteiger partial charge in [-0.25, -0.2) is 4.98 Å². The van der Waals surface area contributed by atoms with Gasteiger partial charge in [-0.1, -0.05) is 11.6 Å². The molecule has 0 saturated heterocycles. The van der Waals surface area contributed by atoms with Crippen LogP contribution < -0.4 is 0 Å². The van der Waals surface area contributed by atoms with Crippen LogP contribution >= 0.6 is 11.6 Å². The number of fused-ring (bicyclic) bond motifs is 1. The Morgan fingerprint density at radius 2 is 2.29 bits per heavy atom. The zero-order valence-corrected chi connectivity index (χ0v) is 8.54. The Labute approximate surface area is 85.5 Å². The van der Waals surface area contributed by atoms with Gasteiger partial charge in [0, 0.05) is 31.6 Å². The van der Waals surface area contributed by atoms with Crippen LogP contribution in [-0.2, 0) is 7.05 Å². The first-order chi connectivity index (χ1) is 6.59. The molecule has 0 spiro atoms. The van der Waals surface area contributed by atoms with E-state index < -0.39 is 0 Å². The van der Waals surface area contributed by atoms with E-state index in [1.807, 2.05) is 0 Å². The molecular formula is C9H8ClN3O. The first-order valence-electron chi connectivity index (χ1n) is 4.09. The third kappa shape index (κ3) is 1.28. The number of aryl methyl sites for hydroxylation is 1. The van der Waals surface area contributed by atoms with Crippen LogP contribution in [0.25, 0.3) is 10.9 Å². The molecule has 14 heavy (non-hydrogen) atoms. The van der Waals surface area contributed by atoms with E-state index in [-0.39, 0.29) is 5.78 Å². The molecule has 5 heteroatoms. The molecule has 0 atom stereocenters. The lowest BCUT2D eigenvalue weighted by Crippen LogP contribution is -1.95. The number of hydrogen-bond acceptors (Lipinski definition) is 3. The van der Waals surface area contributed by atoms with E-state index in [0.717, 1.165) is 10.9 Å². The maximum atomic E-state index is 11.2. The van der Waals surface area contributed by atoms with E-state index in [2.05, 4.69) is 10.1 Å². The molecule has 72 valence electrons. The normalized spacial score (nSPS) is 10.8. The molecule has 2 aromatic heterocycles. The van der Waals surface area contributed by atoms with E-state index in [4.69, 9.17) is 11.6 Å². The van der Waals surface area contributed by atoms with Crippen LogP contribution in [0.4, 0.5) is 0 Å². The number of ketones is 1. The van der Waals surface area contributed by atoms with Gasteiger partial charge in [0.2, 0.25) is 0 Å². The highest BCUT2D eigenvalue weighted by Gasteiger charge is 2.12. The van der Waals surface area contributed by atoms with Crippen molar-refractivity contribution in [3.63, 3.8) is 0 Å². The largest absolute Gasteiger partial charge is 0.293 e. The summed E-state index contributed by atoms with van der Waals surface area (Å²) in [6.07, 6.45) is 1.57. The highest BCUT2D eigenvalue weighted by molar-refractivity contribution is 6.30. The standard InChI is InChI=1S/C9H8ClN3O/c1-5(14)9-6-4-11-8(10)3-7(6)13(2)12-9/h3-4H,1-2H3. The lowest BCUT2D eigenvalue weighted by atomic mass is 10.2. The predicted octanol–water partition coefficient (Wildman–Crippen LogP) is 1.82. The SMILES string of the molecule is CC(=O)c1nn(C)c2cc(Cl)ncc12. The third-order valence-electron chi connectivity index (χ3n) is 2.04. The molecule has 0 fully saturated rings. The summed E-state index contributed by atoms with van der Waals surface area (Å²) in [5.41, 5.74) is 1.25. The second-order valence-corrected chi connectivity index (χ2v) is 3.44. The second-order valence-electron chi connectivity index (χ2n) is 3.05. The van der Waals surface area contributed by atoms with Crippen molar-refractivity contribution in [3.8, 4) is 0 Å². The molecular weight excluding hydrogens is 202 g/mol. The summed E-state index contributed by atoms with van der Waals surface area (Å²) < 4.78 is 1.62. The number of rotatable bonds is 1. The van der Waals surface area contributed by atoms with Crippen molar-refractivity contribution in [2.24, 2.45) is 7.05 Å². The number of halogens is 1. The van der Waals surface area contributed by atoms with Crippen LogP contribution in [0.3, 0.4) is 0 Å². The van der Waals surface area contributed by atoms with E-state index in [1.165, 1.54) is 6.92 Å². The highest BCUT2D eigenvalue weighted by atomic mass is 35.5. The molecule has 0 aromatic carbocycles. The van der Waals surface area contributed by atoms with Crippen molar-refractivity contribution >= 4 is 28.3 Å². The maximum Gasteiger partial charge on any atom is 0.180 e. The molecule has 0 amide bonds. The first kappa shape index (κ1) is 9.15. The van der Waals surface area contributed by atoms with Gasteiger partial charge in [-0.3, -0.25) is 9.48 Å². The van der Waals surface area contributed by atoms with Crippen molar-refractivity contribution in [1.29, 1.82) is 0 Å². The predicted molar refractivity (Wildman–Crippen MR) is 53.5 cm³/mol. The molecule has 2 heterocycles. The number of pyridine rings is 1. The van der Waals surface area contributed by atoms with Gasteiger partial charge >= 0.3 is 0 Å². The fraction of sp³-hybridized carbons (Fsp3) is 0.222. The van der Waals surface area contributed by atoms with Gasteiger partial charge in [-0.05, 0) is 0 Å². The van der Waals surface area contributed by atoms with Crippen LogP contribution in [0.5, 0.6) is 0 Å². The quantitative estimate of drug-likeness (QED) is 0.532. The summed E-state index contributed by atoms with van der Waals surface area (Å²) in [6.45, 7) is 1.48. The Morgan fingerprint density at radius 1 is 1.57 bits per heavy atom. The Bertz CT molecular complexity index is 518. The summed E-state index contributed by atoms with van der Waals surface area (Å²) >= 11 is 5.74. The Kier molecular flexibility index (Phi) is 2.00. The number of carbonyl (C=O) groups is 1. The summed E-state index contributed by atoms with van der Waals surface area (Å²) in [6, 6.07) is 1.69. The lowest BCUT2D eigenvalue weighted by molar-refractivity contribution is 0.101. The molecule has 0 unspecified atom stereocenters. The fourth-order valence-corrected chi connectivity index (χ4v) is 1.54. The highest BCUT2D eigenvalue weighted by Crippen LogP contribution is 2.19. The first-order valence-corrected chi connectivity index (χ1v) is 4.46. The monoisotopic (exact) mass is 209 g/mol. The van der Waals surface area contributed by atoms with Crippen LogP contribution in [-0.4, -0.2) is 20.5 Å². The molecule has 2 rings (SSSR count). The van der Waals surface area contributed by atoms with E-state index in [1.54, 1.807) is 24.0 Å². The van der Waals surface area contributed by atoms with E-state index >= 15 is 0 Å². The molecule has 0 aliphatic carbocycles. The summed E-state index contributed by atoms with van der Waals surface area (Å²) in [5.74, 6) is -0.0697. The van der Waals surface area contributed by atoms with Crippen molar-refractivity contribution in [1.82, 2.24) is 14.8 Å². The number of carbonyl (C=O) groups excluding carboxylic acids is 1. The van der Waals surface area contributed by atoms with Gasteiger partial charge in [0.1, 0.15) is 10.8 Å². The Balaban J connectivity index is 2.84. The molecule has 2 aromatic rings. The lowest BCUT2D eigenvalue weighted by Gasteiger charge is -1.92. The summed E-state index contributed by atoms with van der Waals surface area (Å²) in [4.78, 5) is 15.1. The van der Waals surface area contributed by atoms with E-state index in [9.17, 15) is 4.79 Å². The van der Waals surface area contributed by atoms with Gasteiger partial charge in [-0.15, -0.1) is 0 Å². The van der Waals surface area contributed by atoms with Crippen LogP contribution in [0.2, 0.25) is 5.15 Å². The minimum Gasteiger partial charge on any atom is -0.293 e. The zero-order chi connectivity index (χ0) is 10.3. The minimum atomic E-state index is -0.0697. The molecule has 4 nitrogen and oxygen atoms in total. The van der Waals surface area contributed by atoms with Crippen LogP contribution in [0.15, 0.2) is 12.3 Å². The second kappa shape index (κ2) is 3.06. The fourth-order valence-electron chi connectivity index (χ4n) is 1.39. The molecule has 0 aliphatic heterocycles. The van der Waals surface area contributed by atoms with Crippen LogP contribution in [0.1, 0.15) is 17.4 Å². The van der Waals surface area contributed by atoms with Gasteiger partial charge < -0.3 is 0 Å². The van der Waals surface area contributed by atoms with Gasteiger partial charge in [0.15, 0.2) is 5.78 Å². The van der Waals surface area contributed by atoms with Crippen LogP contribution in [0, 0.1) is 0 Å². The van der Waals surface area contributed by atoms with Crippen molar-refractivity contribution in [2.75, 3.05) is 0 Å². The number of aromatic nitrogens is 3. The Morgan fingerprint density at radius 3 is 2.93 bits per heavy atom. The zero-order valence-electron chi connectivity index (χ0n) is 7.78. The average Bonchev–Trinajstić information content (AvgIpc) is 2.44. The third-order valence-corrected chi connectivity index (χ3v) is 2.24. The maximum absolute atomic E-state index is 11.2. The Hall–Kier alpha value is -1.42. The smallest absolute Gasteiger partial charge is 0.180 e. The summed E-state index contributed by atoms with van der Waals surface area (Å²) in [7, 11) is 1.77. The van der Waals surface area contributed by atoms with Gasteiger partial charge in [0.25, 0.3) is 0 Å². The van der Waals surface area contributed by atoms with Crippen molar-refractivity contribution in [3.05, 3.63) is 23.1 Å². The van der Waals surface area contributed by atoms with Gasteiger partial charge in [-0.2, -0.15) is 5.10 Å². The number of Topliss-reactive ketones (excluding diaryl/α,β-unsaturated/α-hetero) is 1. The molecule has 0 radical (unpaired) electrons. The molecule has 0 N–H and O–H groups in total. The van der Waals surface area contributed by atoms with Crippen molar-refractivity contribution < 1.29 is 4.79 Å². The average molecular weight is 210 g/mol. The van der Waals surface area contributed by atoms with Crippen molar-refractivity contribution in [2.45, 2.75) is 6.92 Å². The summed E-state index contributed by atoms with van der Waals surface area (Å²) in [5, 5.41) is 5.24. The van der Waals surface area contributed by atoms with Gasteiger partial charge in [0.05, 0.1) is 5.52 Å². The minimum absolute atomic E-state index is 0.0697. The number of nitrogens with zero attached hydrogens (tertiary/aromatic N) is 3. The molecule has 0 aliphatic rings. The molecule has 0 bridgehead atoms. The van der Waals surface area contributed by atoms with E-state index in [0.29, 0.717) is 10.8 Å². The molecule has 0 saturated carbocycles. The topological polar surface area (TPSA) is 47.8 Å². The number of hydrogen-bond donors (Lipinski definition) is 0.